The zero-order chi connectivity index (χ0) is 12.8. The van der Waals surface area contributed by atoms with E-state index in [0.717, 1.165) is 12.8 Å². The van der Waals surface area contributed by atoms with Crippen molar-refractivity contribution in [2.24, 2.45) is 0 Å². The first kappa shape index (κ1) is 14.0. The van der Waals surface area contributed by atoms with E-state index in [1.54, 1.807) is 18.9 Å². The van der Waals surface area contributed by atoms with Crippen molar-refractivity contribution in [1.82, 2.24) is 10.2 Å². The molecular weight excluding hydrogens is 220 g/mol. The van der Waals surface area contributed by atoms with Gasteiger partial charge in [-0.1, -0.05) is 12.8 Å². The Kier molecular flexibility index (Phi) is 5.41. The van der Waals surface area contributed by atoms with Crippen LogP contribution >= 0.6 is 0 Å². The van der Waals surface area contributed by atoms with Crippen molar-refractivity contribution in [3.63, 3.8) is 0 Å². The van der Waals surface area contributed by atoms with Crippen LogP contribution in [0.4, 0.5) is 0 Å². The molecule has 17 heavy (non-hydrogen) atoms. The number of carbonyl (C=O) groups is 2. The monoisotopic (exact) mass is 242 g/mol. The number of methoxy groups -OCH3 is 1. The second-order valence-corrected chi connectivity index (χ2v) is 4.66. The minimum atomic E-state index is -0.326. The van der Waals surface area contributed by atoms with Gasteiger partial charge in [0.15, 0.2) is 0 Å². The summed E-state index contributed by atoms with van der Waals surface area (Å²) in [4.78, 5) is 24.7. The largest absolute Gasteiger partial charge is 0.468 e. The van der Waals surface area contributed by atoms with Crippen LogP contribution in [0.5, 0.6) is 0 Å². The quantitative estimate of drug-likeness (QED) is 0.715. The van der Waals surface area contributed by atoms with Crippen LogP contribution in [0.2, 0.25) is 0 Å². The van der Waals surface area contributed by atoms with E-state index in [0.29, 0.717) is 6.04 Å². The van der Waals surface area contributed by atoms with Gasteiger partial charge in [0.05, 0.1) is 19.7 Å². The lowest BCUT2D eigenvalue weighted by Crippen LogP contribution is -2.47. The standard InChI is InChI=1S/C12H22N2O3/c1-9(14(2)8-11(15)17-3)12(16)13-10-6-4-5-7-10/h9-10H,4-8H2,1-3H3,(H,13,16). The van der Waals surface area contributed by atoms with Crippen LogP contribution in [-0.2, 0) is 14.3 Å². The maximum absolute atomic E-state index is 11.9. The van der Waals surface area contributed by atoms with Crippen molar-refractivity contribution in [2.45, 2.75) is 44.7 Å². The first-order valence-electron chi connectivity index (χ1n) is 6.12. The summed E-state index contributed by atoms with van der Waals surface area (Å²) in [7, 11) is 3.09. The Bertz CT molecular complexity index is 275. The van der Waals surface area contributed by atoms with Crippen LogP contribution in [0, 0.1) is 0 Å². The number of hydrogen-bond donors (Lipinski definition) is 1. The zero-order valence-electron chi connectivity index (χ0n) is 10.9. The minimum absolute atomic E-state index is 0.0108. The van der Waals surface area contributed by atoms with E-state index in [2.05, 4.69) is 10.1 Å². The average Bonchev–Trinajstić information content (AvgIpc) is 2.80. The lowest BCUT2D eigenvalue weighted by Gasteiger charge is -2.24. The minimum Gasteiger partial charge on any atom is -0.468 e. The normalized spacial score (nSPS) is 18.1. The molecule has 1 amide bonds. The van der Waals surface area contributed by atoms with E-state index in [-0.39, 0.29) is 24.5 Å². The maximum atomic E-state index is 11.9. The zero-order valence-corrected chi connectivity index (χ0v) is 10.9. The summed E-state index contributed by atoms with van der Waals surface area (Å²) in [6.07, 6.45) is 4.52. The third kappa shape index (κ3) is 4.34. The second kappa shape index (κ2) is 6.59. The van der Waals surface area contributed by atoms with Gasteiger partial charge in [-0.2, -0.15) is 0 Å². The molecule has 0 bridgehead atoms. The van der Waals surface area contributed by atoms with Crippen LogP contribution < -0.4 is 5.32 Å². The molecule has 0 aliphatic heterocycles. The van der Waals surface area contributed by atoms with E-state index < -0.39 is 0 Å². The molecule has 1 aliphatic rings. The molecule has 0 spiro atoms. The summed E-state index contributed by atoms with van der Waals surface area (Å²) in [5, 5.41) is 3.02. The van der Waals surface area contributed by atoms with Crippen molar-refractivity contribution in [1.29, 1.82) is 0 Å². The predicted octanol–water partition coefficient (Wildman–Crippen LogP) is 0.539. The van der Waals surface area contributed by atoms with E-state index in [1.807, 2.05) is 0 Å². The Hall–Kier alpha value is -1.10. The summed E-state index contributed by atoms with van der Waals surface area (Å²) in [6, 6.07) is 0.00572. The van der Waals surface area contributed by atoms with Crippen LogP contribution in [0.3, 0.4) is 0 Å². The lowest BCUT2D eigenvalue weighted by atomic mass is 10.2. The van der Waals surface area contributed by atoms with Crippen molar-refractivity contribution < 1.29 is 14.3 Å². The molecule has 0 heterocycles. The number of carbonyl (C=O) groups excluding carboxylic acids is 2. The first-order valence-corrected chi connectivity index (χ1v) is 6.12. The highest BCUT2D eigenvalue weighted by molar-refractivity contribution is 5.82. The Labute approximate surface area is 102 Å². The smallest absolute Gasteiger partial charge is 0.319 e. The highest BCUT2D eigenvalue weighted by Gasteiger charge is 2.24. The van der Waals surface area contributed by atoms with Crippen LogP contribution in [-0.4, -0.2) is 49.6 Å². The van der Waals surface area contributed by atoms with Gasteiger partial charge in [0.2, 0.25) is 5.91 Å². The Morgan fingerprint density at radius 3 is 2.53 bits per heavy atom. The number of likely N-dealkylation sites (N-methyl/N-ethyl adjacent to an activating group) is 1. The molecule has 0 radical (unpaired) electrons. The fourth-order valence-electron chi connectivity index (χ4n) is 2.00. The molecule has 0 aromatic rings. The summed E-state index contributed by atoms with van der Waals surface area (Å²) >= 11 is 0. The van der Waals surface area contributed by atoms with E-state index in [9.17, 15) is 9.59 Å². The number of ether oxygens (including phenoxy) is 1. The van der Waals surface area contributed by atoms with Gasteiger partial charge in [-0.25, -0.2) is 0 Å². The van der Waals surface area contributed by atoms with Crippen molar-refractivity contribution in [3.05, 3.63) is 0 Å². The van der Waals surface area contributed by atoms with Crippen molar-refractivity contribution in [3.8, 4) is 0 Å². The maximum Gasteiger partial charge on any atom is 0.319 e. The third-order valence-corrected chi connectivity index (χ3v) is 3.35. The number of esters is 1. The molecule has 0 aromatic carbocycles. The molecule has 1 aliphatic carbocycles. The second-order valence-electron chi connectivity index (χ2n) is 4.66. The Balaban J connectivity index is 2.36. The molecule has 0 aromatic heterocycles. The van der Waals surface area contributed by atoms with Gasteiger partial charge in [0.25, 0.3) is 0 Å². The summed E-state index contributed by atoms with van der Waals surface area (Å²) in [5.74, 6) is -0.337. The average molecular weight is 242 g/mol. The molecular formula is C12H22N2O3. The molecule has 5 nitrogen and oxygen atoms in total. The SMILES string of the molecule is COC(=O)CN(C)C(C)C(=O)NC1CCCC1. The summed E-state index contributed by atoms with van der Waals surface area (Å²) in [5.41, 5.74) is 0. The Morgan fingerprint density at radius 1 is 1.41 bits per heavy atom. The number of rotatable bonds is 5. The molecule has 1 atom stereocenters. The van der Waals surface area contributed by atoms with Gasteiger partial charge in [0, 0.05) is 6.04 Å². The van der Waals surface area contributed by atoms with Gasteiger partial charge in [-0.05, 0) is 26.8 Å². The molecule has 1 unspecified atom stereocenters. The molecule has 1 N–H and O–H groups in total. The number of hydrogen-bond acceptors (Lipinski definition) is 4. The fraction of sp³-hybridized carbons (Fsp3) is 0.833. The van der Waals surface area contributed by atoms with Gasteiger partial charge in [-0.3, -0.25) is 14.5 Å². The lowest BCUT2D eigenvalue weighted by molar-refractivity contribution is -0.142. The topological polar surface area (TPSA) is 58.6 Å². The molecule has 0 saturated heterocycles. The molecule has 1 saturated carbocycles. The molecule has 1 fully saturated rings. The highest BCUT2D eigenvalue weighted by Crippen LogP contribution is 2.17. The van der Waals surface area contributed by atoms with Crippen LogP contribution in [0.1, 0.15) is 32.6 Å². The fourth-order valence-corrected chi connectivity index (χ4v) is 2.00. The van der Waals surface area contributed by atoms with E-state index >= 15 is 0 Å². The molecule has 1 rings (SSSR count). The molecule has 98 valence electrons. The van der Waals surface area contributed by atoms with Crippen molar-refractivity contribution >= 4 is 11.9 Å². The third-order valence-electron chi connectivity index (χ3n) is 3.35. The van der Waals surface area contributed by atoms with E-state index in [1.165, 1.54) is 20.0 Å². The highest BCUT2D eigenvalue weighted by atomic mass is 16.5. The number of nitrogens with one attached hydrogen (secondary N) is 1. The van der Waals surface area contributed by atoms with E-state index in [4.69, 9.17) is 0 Å². The van der Waals surface area contributed by atoms with Gasteiger partial charge in [0.1, 0.15) is 0 Å². The van der Waals surface area contributed by atoms with Gasteiger partial charge in [-0.15, -0.1) is 0 Å². The van der Waals surface area contributed by atoms with Gasteiger partial charge < -0.3 is 10.1 Å². The first-order chi connectivity index (χ1) is 8.04. The van der Waals surface area contributed by atoms with Crippen LogP contribution in [0.25, 0.3) is 0 Å². The van der Waals surface area contributed by atoms with Crippen molar-refractivity contribution in [2.75, 3.05) is 20.7 Å². The molecule has 5 heteroatoms. The van der Waals surface area contributed by atoms with Crippen LogP contribution in [0.15, 0.2) is 0 Å². The number of amides is 1. The predicted molar refractivity (Wildman–Crippen MR) is 64.5 cm³/mol. The Morgan fingerprint density at radius 2 is 2.00 bits per heavy atom. The number of nitrogens with zero attached hydrogens (tertiary/aromatic N) is 1. The summed E-state index contributed by atoms with van der Waals surface area (Å²) < 4.78 is 4.57. The van der Waals surface area contributed by atoms with Gasteiger partial charge >= 0.3 is 5.97 Å². The summed E-state index contributed by atoms with van der Waals surface area (Å²) in [6.45, 7) is 1.93.